The predicted octanol–water partition coefficient (Wildman–Crippen LogP) is 4.15. The fourth-order valence-corrected chi connectivity index (χ4v) is 4.15. The number of rotatable bonds is 5. The molecule has 0 bridgehead atoms. The Hall–Kier alpha value is -3.21. The minimum absolute atomic E-state index is 0.0137. The predicted molar refractivity (Wildman–Crippen MR) is 119 cm³/mol. The summed E-state index contributed by atoms with van der Waals surface area (Å²) in [5.41, 5.74) is 2.39. The minimum Gasteiger partial charge on any atom is -0.464 e. The van der Waals surface area contributed by atoms with Crippen LogP contribution in [-0.2, 0) is 4.74 Å². The smallest absolute Gasteiger partial charge is 0.401 e. The van der Waals surface area contributed by atoms with E-state index < -0.39 is 24.5 Å². The number of anilines is 1. The van der Waals surface area contributed by atoms with Crippen molar-refractivity contribution in [3.8, 4) is 5.69 Å². The van der Waals surface area contributed by atoms with E-state index in [4.69, 9.17) is 9.84 Å². The van der Waals surface area contributed by atoms with Crippen molar-refractivity contribution < 1.29 is 27.1 Å². The van der Waals surface area contributed by atoms with Gasteiger partial charge in [0.25, 0.3) is 0 Å². The number of benzene rings is 1. The Bertz CT molecular complexity index is 1180. The van der Waals surface area contributed by atoms with Crippen LogP contribution in [0, 0.1) is 5.82 Å². The van der Waals surface area contributed by atoms with Gasteiger partial charge >= 0.3 is 12.1 Å². The number of methoxy groups -OCH3 is 1. The highest BCUT2D eigenvalue weighted by molar-refractivity contribution is 5.99. The molecular formula is C23H25F4N5O2. The number of nitrogens with zero attached hydrogens (tertiary/aromatic N) is 5. The highest BCUT2D eigenvalue weighted by atomic mass is 19.4. The molecule has 0 unspecified atom stereocenters. The van der Waals surface area contributed by atoms with E-state index in [0.717, 1.165) is 5.69 Å². The third kappa shape index (κ3) is 4.84. The maximum absolute atomic E-state index is 13.5. The van der Waals surface area contributed by atoms with E-state index in [1.54, 1.807) is 22.9 Å². The molecule has 1 aliphatic heterocycles. The highest BCUT2D eigenvalue weighted by Gasteiger charge is 2.33. The summed E-state index contributed by atoms with van der Waals surface area (Å²) in [6.07, 6.45) is -4.26. The number of piperazine rings is 1. The van der Waals surface area contributed by atoms with Crippen LogP contribution in [0.15, 0.2) is 30.3 Å². The van der Waals surface area contributed by atoms with E-state index >= 15 is 0 Å². The zero-order valence-electron chi connectivity index (χ0n) is 19.1. The lowest BCUT2D eigenvalue weighted by atomic mass is 10.0. The van der Waals surface area contributed by atoms with E-state index in [-0.39, 0.29) is 24.7 Å². The van der Waals surface area contributed by atoms with Crippen molar-refractivity contribution >= 4 is 22.7 Å². The van der Waals surface area contributed by atoms with Crippen LogP contribution < -0.4 is 4.90 Å². The molecule has 0 saturated carbocycles. The first-order valence-corrected chi connectivity index (χ1v) is 10.9. The van der Waals surface area contributed by atoms with Gasteiger partial charge in [-0.1, -0.05) is 13.8 Å². The lowest BCUT2D eigenvalue weighted by molar-refractivity contribution is -0.146. The maximum atomic E-state index is 13.5. The fraction of sp³-hybridized carbons (Fsp3) is 0.435. The molecule has 0 radical (unpaired) electrons. The molecule has 1 aliphatic rings. The normalized spacial score (nSPS) is 15.4. The Morgan fingerprint density at radius 3 is 2.32 bits per heavy atom. The summed E-state index contributed by atoms with van der Waals surface area (Å²) in [7, 11) is 1.25. The van der Waals surface area contributed by atoms with E-state index in [1.165, 1.54) is 24.1 Å². The number of carbonyl (C=O) groups is 1. The monoisotopic (exact) mass is 479 g/mol. The average Bonchev–Trinajstić information content (AvgIpc) is 3.18. The van der Waals surface area contributed by atoms with Crippen LogP contribution in [0.25, 0.3) is 16.7 Å². The van der Waals surface area contributed by atoms with Gasteiger partial charge in [-0.25, -0.2) is 18.9 Å². The molecule has 4 rings (SSSR count). The fourth-order valence-electron chi connectivity index (χ4n) is 4.15. The van der Waals surface area contributed by atoms with Gasteiger partial charge < -0.3 is 9.64 Å². The van der Waals surface area contributed by atoms with Crippen LogP contribution in [0.5, 0.6) is 0 Å². The maximum Gasteiger partial charge on any atom is 0.401 e. The largest absolute Gasteiger partial charge is 0.464 e. The molecule has 3 aromatic rings. The van der Waals surface area contributed by atoms with E-state index in [1.807, 2.05) is 18.7 Å². The second kappa shape index (κ2) is 9.21. The van der Waals surface area contributed by atoms with Crippen molar-refractivity contribution in [2.75, 3.05) is 44.7 Å². The molecule has 11 heteroatoms. The Morgan fingerprint density at radius 1 is 1.12 bits per heavy atom. The summed E-state index contributed by atoms with van der Waals surface area (Å²) in [5, 5.41) is 5.43. The molecule has 0 aliphatic carbocycles. The molecule has 7 nitrogen and oxygen atoms in total. The molecule has 1 fully saturated rings. The van der Waals surface area contributed by atoms with Crippen LogP contribution in [-0.4, -0.2) is 71.6 Å². The molecule has 3 heterocycles. The molecule has 0 amide bonds. The molecule has 1 aromatic carbocycles. The van der Waals surface area contributed by atoms with Gasteiger partial charge in [-0.15, -0.1) is 0 Å². The summed E-state index contributed by atoms with van der Waals surface area (Å²) in [5.74, 6) is -1.05. The van der Waals surface area contributed by atoms with Gasteiger partial charge in [0.2, 0.25) is 0 Å². The number of hydrogen-bond acceptors (Lipinski definition) is 6. The summed E-state index contributed by atoms with van der Waals surface area (Å²) in [6, 6.07) is 7.35. The Balaban J connectivity index is 1.84. The Morgan fingerprint density at radius 2 is 1.76 bits per heavy atom. The zero-order valence-corrected chi connectivity index (χ0v) is 19.1. The average molecular weight is 479 g/mol. The summed E-state index contributed by atoms with van der Waals surface area (Å²) in [6.45, 7) is 4.11. The lowest BCUT2D eigenvalue weighted by Gasteiger charge is -2.36. The standard InChI is InChI=1S/C23H25F4N5O2/c1-14(2)20-19-18(31-10-8-30(9-11-31)13-23(25,26)27)12-17(22(33)34-3)28-21(19)32(29-20)16-6-4-15(24)5-7-16/h4-7,12,14H,8-11,13H2,1-3H3. The van der Waals surface area contributed by atoms with Gasteiger partial charge in [0.1, 0.15) is 5.82 Å². The Kier molecular flexibility index (Phi) is 6.48. The van der Waals surface area contributed by atoms with Crippen molar-refractivity contribution in [3.63, 3.8) is 0 Å². The lowest BCUT2D eigenvalue weighted by Crippen LogP contribution is -2.49. The molecule has 0 N–H and O–H groups in total. The molecule has 0 spiro atoms. The molecule has 182 valence electrons. The number of hydrogen-bond donors (Lipinski definition) is 0. The number of carbonyl (C=O) groups excluding carboxylic acids is 1. The van der Waals surface area contributed by atoms with Crippen LogP contribution in [0.4, 0.5) is 23.2 Å². The van der Waals surface area contributed by atoms with Crippen LogP contribution >= 0.6 is 0 Å². The summed E-state index contributed by atoms with van der Waals surface area (Å²) < 4.78 is 58.4. The van der Waals surface area contributed by atoms with Gasteiger partial charge in [-0.3, -0.25) is 4.90 Å². The van der Waals surface area contributed by atoms with Crippen molar-refractivity contribution in [2.45, 2.75) is 25.9 Å². The first-order valence-electron chi connectivity index (χ1n) is 10.9. The molecule has 34 heavy (non-hydrogen) atoms. The van der Waals surface area contributed by atoms with Gasteiger partial charge in [-0.05, 0) is 36.2 Å². The van der Waals surface area contributed by atoms with Crippen molar-refractivity contribution in [2.24, 2.45) is 0 Å². The first kappa shape index (κ1) is 23.9. The van der Waals surface area contributed by atoms with Gasteiger partial charge in [0.15, 0.2) is 11.3 Å². The van der Waals surface area contributed by atoms with Crippen LogP contribution in [0.3, 0.4) is 0 Å². The van der Waals surface area contributed by atoms with E-state index in [9.17, 15) is 22.4 Å². The number of ether oxygens (including phenoxy) is 1. The first-order chi connectivity index (χ1) is 16.1. The minimum atomic E-state index is -4.26. The third-order valence-electron chi connectivity index (χ3n) is 5.77. The molecule has 2 aromatic heterocycles. The molecule has 0 atom stereocenters. The number of esters is 1. The van der Waals surface area contributed by atoms with Gasteiger partial charge in [0.05, 0.1) is 36.1 Å². The van der Waals surface area contributed by atoms with E-state index in [2.05, 4.69) is 4.98 Å². The van der Waals surface area contributed by atoms with Crippen molar-refractivity contribution in [1.29, 1.82) is 0 Å². The summed E-state index contributed by atoms with van der Waals surface area (Å²) in [4.78, 5) is 20.2. The second-order valence-corrected chi connectivity index (χ2v) is 8.52. The Labute approximate surface area is 193 Å². The van der Waals surface area contributed by atoms with Crippen LogP contribution in [0.2, 0.25) is 0 Å². The highest BCUT2D eigenvalue weighted by Crippen LogP contribution is 2.35. The number of pyridine rings is 1. The second-order valence-electron chi connectivity index (χ2n) is 8.52. The SMILES string of the molecule is COC(=O)c1cc(N2CCN(CC(F)(F)F)CC2)c2c(C(C)C)nn(-c3ccc(F)cc3)c2n1. The van der Waals surface area contributed by atoms with Crippen LogP contribution in [0.1, 0.15) is 35.9 Å². The van der Waals surface area contributed by atoms with E-state index in [0.29, 0.717) is 35.5 Å². The number of alkyl halides is 3. The number of fused-ring (bicyclic) bond motifs is 1. The number of halogens is 4. The molecular weight excluding hydrogens is 454 g/mol. The van der Waals surface area contributed by atoms with Crippen molar-refractivity contribution in [3.05, 3.63) is 47.5 Å². The molecule has 1 saturated heterocycles. The van der Waals surface area contributed by atoms with Gasteiger partial charge in [-0.2, -0.15) is 18.3 Å². The summed E-state index contributed by atoms with van der Waals surface area (Å²) >= 11 is 0. The number of aromatic nitrogens is 3. The topological polar surface area (TPSA) is 63.5 Å². The third-order valence-corrected chi connectivity index (χ3v) is 5.77. The van der Waals surface area contributed by atoms with Gasteiger partial charge in [0, 0.05) is 26.2 Å². The quantitative estimate of drug-likeness (QED) is 0.405. The zero-order chi connectivity index (χ0) is 24.6. The van der Waals surface area contributed by atoms with Crippen molar-refractivity contribution in [1.82, 2.24) is 19.7 Å².